The van der Waals surface area contributed by atoms with Gasteiger partial charge in [-0.05, 0) is 24.8 Å². The van der Waals surface area contributed by atoms with Crippen molar-refractivity contribution in [2.75, 3.05) is 13.1 Å². The van der Waals surface area contributed by atoms with Gasteiger partial charge in [-0.25, -0.2) is 0 Å². The molecule has 5 nitrogen and oxygen atoms in total. The molecule has 1 aromatic carbocycles. The van der Waals surface area contributed by atoms with Crippen LogP contribution in [0.2, 0.25) is 0 Å². The van der Waals surface area contributed by atoms with E-state index in [9.17, 15) is 15.2 Å². The molecule has 0 unspecified atom stereocenters. The topological polar surface area (TPSA) is 66.6 Å². The molecule has 0 spiro atoms. The number of aliphatic hydroxyl groups is 1. The van der Waals surface area contributed by atoms with E-state index in [1.807, 2.05) is 6.07 Å². The number of nitrogens with zero attached hydrogens (tertiary/aromatic N) is 2. The fraction of sp³-hybridized carbons (Fsp3) is 0.625. The summed E-state index contributed by atoms with van der Waals surface area (Å²) in [4.78, 5) is 13.0. The van der Waals surface area contributed by atoms with Crippen LogP contribution in [0.3, 0.4) is 0 Å². The fourth-order valence-electron chi connectivity index (χ4n) is 3.74. The molecule has 1 aliphatic carbocycles. The zero-order valence-electron chi connectivity index (χ0n) is 12.3. The van der Waals surface area contributed by atoms with E-state index in [0.29, 0.717) is 19.5 Å². The maximum absolute atomic E-state index is 11.1. The lowest BCUT2D eigenvalue weighted by Gasteiger charge is -2.38. The first-order valence-electron chi connectivity index (χ1n) is 7.77. The van der Waals surface area contributed by atoms with E-state index in [0.717, 1.165) is 43.4 Å². The quantitative estimate of drug-likeness (QED) is 0.686. The van der Waals surface area contributed by atoms with Crippen LogP contribution >= 0.6 is 0 Å². The zero-order chi connectivity index (χ0) is 14.9. The Morgan fingerprint density at radius 2 is 2.05 bits per heavy atom. The van der Waals surface area contributed by atoms with Crippen molar-refractivity contribution in [2.45, 2.75) is 50.7 Å². The van der Waals surface area contributed by atoms with Crippen molar-refractivity contribution in [2.24, 2.45) is 0 Å². The van der Waals surface area contributed by atoms with Crippen molar-refractivity contribution in [1.29, 1.82) is 0 Å². The smallest absolute Gasteiger partial charge is 0.272 e. The van der Waals surface area contributed by atoms with Gasteiger partial charge >= 0.3 is 0 Å². The highest BCUT2D eigenvalue weighted by Crippen LogP contribution is 2.32. The molecule has 0 aromatic heterocycles. The summed E-state index contributed by atoms with van der Waals surface area (Å²) in [7, 11) is 0. The van der Waals surface area contributed by atoms with Gasteiger partial charge in [-0.15, -0.1) is 0 Å². The first-order valence-corrected chi connectivity index (χ1v) is 7.77. The lowest BCUT2D eigenvalue weighted by atomic mass is 9.84. The molecular formula is C16H22N2O3. The number of rotatable bonds is 3. The van der Waals surface area contributed by atoms with Gasteiger partial charge in [-0.2, -0.15) is 0 Å². The molecule has 1 N–H and O–H groups in total. The number of hydrogen-bond donors (Lipinski definition) is 1. The maximum Gasteiger partial charge on any atom is 0.272 e. The van der Waals surface area contributed by atoms with Crippen molar-refractivity contribution >= 4 is 5.69 Å². The van der Waals surface area contributed by atoms with Crippen LogP contribution in [-0.2, 0) is 13.0 Å². The van der Waals surface area contributed by atoms with Gasteiger partial charge < -0.3 is 5.11 Å². The first kappa shape index (κ1) is 14.5. The second-order valence-electron chi connectivity index (χ2n) is 6.42. The molecule has 0 saturated heterocycles. The Bertz CT molecular complexity index is 538. The molecule has 0 radical (unpaired) electrons. The van der Waals surface area contributed by atoms with E-state index in [1.165, 1.54) is 6.42 Å². The second-order valence-corrected chi connectivity index (χ2v) is 6.42. The van der Waals surface area contributed by atoms with Crippen LogP contribution in [-0.4, -0.2) is 33.6 Å². The third-order valence-corrected chi connectivity index (χ3v) is 4.82. The predicted octanol–water partition coefficient (Wildman–Crippen LogP) is 2.65. The van der Waals surface area contributed by atoms with E-state index < -0.39 is 5.60 Å². The summed E-state index contributed by atoms with van der Waals surface area (Å²) in [5, 5.41) is 21.7. The van der Waals surface area contributed by atoms with Crippen LogP contribution in [0.5, 0.6) is 0 Å². The lowest BCUT2D eigenvalue weighted by molar-refractivity contribution is -0.385. The summed E-state index contributed by atoms with van der Waals surface area (Å²) < 4.78 is 0. The van der Waals surface area contributed by atoms with E-state index in [2.05, 4.69) is 4.90 Å². The molecule has 1 aromatic rings. The normalized spacial score (nSPS) is 21.8. The number of fused-ring (bicyclic) bond motifs is 1. The molecule has 0 amide bonds. The largest absolute Gasteiger partial charge is 0.389 e. The molecule has 1 heterocycles. The molecule has 3 rings (SSSR count). The third kappa shape index (κ3) is 3.09. The second kappa shape index (κ2) is 5.73. The van der Waals surface area contributed by atoms with Crippen molar-refractivity contribution in [1.82, 2.24) is 4.90 Å². The van der Waals surface area contributed by atoms with Crippen LogP contribution in [0.4, 0.5) is 5.69 Å². The van der Waals surface area contributed by atoms with Crippen molar-refractivity contribution in [3.63, 3.8) is 0 Å². The molecule has 1 aliphatic heterocycles. The van der Waals surface area contributed by atoms with Gasteiger partial charge in [0, 0.05) is 31.3 Å². The summed E-state index contributed by atoms with van der Waals surface area (Å²) in [5.74, 6) is 0. The molecule has 0 bridgehead atoms. The molecule has 21 heavy (non-hydrogen) atoms. The van der Waals surface area contributed by atoms with Crippen LogP contribution in [0.1, 0.15) is 43.2 Å². The lowest BCUT2D eigenvalue weighted by Crippen LogP contribution is -2.46. The van der Waals surface area contributed by atoms with Gasteiger partial charge in [-0.1, -0.05) is 31.4 Å². The predicted molar refractivity (Wildman–Crippen MR) is 80.1 cm³/mol. The van der Waals surface area contributed by atoms with Gasteiger partial charge in [0.1, 0.15) is 0 Å². The van der Waals surface area contributed by atoms with Gasteiger partial charge in [0.2, 0.25) is 0 Å². The summed E-state index contributed by atoms with van der Waals surface area (Å²) >= 11 is 0. The maximum atomic E-state index is 11.1. The molecule has 114 valence electrons. The van der Waals surface area contributed by atoms with Crippen molar-refractivity contribution in [3.05, 3.63) is 39.4 Å². The van der Waals surface area contributed by atoms with Crippen molar-refractivity contribution in [3.8, 4) is 0 Å². The summed E-state index contributed by atoms with van der Waals surface area (Å²) in [5.41, 5.74) is 1.59. The highest BCUT2D eigenvalue weighted by Gasteiger charge is 2.33. The number of nitro benzene ring substituents is 1. The Labute approximate surface area is 124 Å². The average Bonchev–Trinajstić information content (AvgIpc) is 2.46. The summed E-state index contributed by atoms with van der Waals surface area (Å²) in [6.07, 6.45) is 5.88. The summed E-state index contributed by atoms with van der Waals surface area (Å²) in [6.45, 7) is 2.19. The van der Waals surface area contributed by atoms with Crippen molar-refractivity contribution < 1.29 is 10.0 Å². The average molecular weight is 290 g/mol. The fourth-order valence-corrected chi connectivity index (χ4v) is 3.74. The highest BCUT2D eigenvalue weighted by atomic mass is 16.6. The van der Waals surface area contributed by atoms with Crippen LogP contribution in [0.15, 0.2) is 18.2 Å². The molecule has 5 heteroatoms. The monoisotopic (exact) mass is 290 g/mol. The Kier molecular flexibility index (Phi) is 3.95. The standard InChI is InChI=1S/C16H22N2O3/c19-16(8-2-1-3-9-16)12-17-10-7-14-13(11-17)5-4-6-15(14)18(20)21/h4-6,19H,1-3,7-12H2. The third-order valence-electron chi connectivity index (χ3n) is 4.82. The number of β-amino-alcohol motifs (C(OH)–C–C–N with tert-alkyl or cyclic N) is 1. The SMILES string of the molecule is O=[N+]([O-])c1cccc2c1CCN(CC1(O)CCCCC1)C2. The Morgan fingerprint density at radius 3 is 2.76 bits per heavy atom. The van der Waals surface area contributed by atoms with E-state index >= 15 is 0 Å². The van der Waals surface area contributed by atoms with E-state index in [1.54, 1.807) is 12.1 Å². The minimum Gasteiger partial charge on any atom is -0.389 e. The van der Waals surface area contributed by atoms with Crippen LogP contribution < -0.4 is 0 Å². The Morgan fingerprint density at radius 1 is 1.29 bits per heavy atom. The van der Waals surface area contributed by atoms with Gasteiger partial charge in [0.05, 0.1) is 10.5 Å². The molecule has 1 fully saturated rings. The highest BCUT2D eigenvalue weighted by molar-refractivity contribution is 5.46. The molecule has 2 aliphatic rings. The van der Waals surface area contributed by atoms with Crippen LogP contribution in [0, 0.1) is 10.1 Å². The van der Waals surface area contributed by atoms with E-state index in [4.69, 9.17) is 0 Å². The van der Waals surface area contributed by atoms with Gasteiger partial charge in [-0.3, -0.25) is 15.0 Å². The van der Waals surface area contributed by atoms with E-state index in [-0.39, 0.29) is 10.6 Å². The molecular weight excluding hydrogens is 268 g/mol. The number of hydrogen-bond acceptors (Lipinski definition) is 4. The molecule has 1 saturated carbocycles. The first-order chi connectivity index (χ1) is 10.1. The zero-order valence-corrected chi connectivity index (χ0v) is 12.3. The Balaban J connectivity index is 1.73. The van der Waals surface area contributed by atoms with Gasteiger partial charge in [0.25, 0.3) is 5.69 Å². The number of benzene rings is 1. The minimum absolute atomic E-state index is 0.239. The number of nitro groups is 1. The Hall–Kier alpha value is -1.46. The van der Waals surface area contributed by atoms with Crippen LogP contribution in [0.25, 0.3) is 0 Å². The minimum atomic E-state index is -0.559. The summed E-state index contributed by atoms with van der Waals surface area (Å²) in [6, 6.07) is 5.32. The van der Waals surface area contributed by atoms with Gasteiger partial charge in [0.15, 0.2) is 0 Å². The molecule has 0 atom stereocenters.